The molecule has 0 fully saturated rings. The Hall–Kier alpha value is -1.67. The second-order valence-electron chi connectivity index (χ2n) is 2.92. The number of hydrogen-bond donors (Lipinski definition) is 1. The summed E-state index contributed by atoms with van der Waals surface area (Å²) in [6.45, 7) is 0. The molecule has 3 aromatic rings. The van der Waals surface area contributed by atoms with Gasteiger partial charge in [-0.1, -0.05) is 11.8 Å². The summed E-state index contributed by atoms with van der Waals surface area (Å²) in [5, 5.41) is 7.58. The number of aromatic nitrogens is 4. The van der Waals surface area contributed by atoms with Crippen LogP contribution >= 0.6 is 23.3 Å². The van der Waals surface area contributed by atoms with Crippen LogP contribution in [0.25, 0.3) is 11.0 Å². The van der Waals surface area contributed by atoms with Gasteiger partial charge in [0.1, 0.15) is 6.33 Å². The Balaban J connectivity index is 2.10. The average Bonchev–Trinajstić information content (AvgIpc) is 2.92. The van der Waals surface area contributed by atoms with Crippen LogP contribution in [0.3, 0.4) is 0 Å². The molecule has 0 amide bonds. The smallest absolute Gasteiger partial charge is 0.174 e. The molecule has 0 spiro atoms. The van der Waals surface area contributed by atoms with Gasteiger partial charge in [0.05, 0.1) is 5.69 Å². The second kappa shape index (κ2) is 3.72. The number of nitrogen functional groups attached to an aromatic ring is 1. The Morgan fingerprint density at radius 1 is 1.25 bits per heavy atom. The summed E-state index contributed by atoms with van der Waals surface area (Å²) in [6.07, 6.45) is 1.52. The molecule has 0 unspecified atom stereocenters. The summed E-state index contributed by atoms with van der Waals surface area (Å²) < 4.78 is 9.45. The zero-order chi connectivity index (χ0) is 11.0. The molecule has 0 bridgehead atoms. The molecule has 16 heavy (non-hydrogen) atoms. The Bertz CT molecular complexity index is 620. The quantitative estimate of drug-likeness (QED) is 0.694. The maximum absolute atomic E-state index is 5.75. The lowest BCUT2D eigenvalue weighted by Crippen LogP contribution is -1.87. The van der Waals surface area contributed by atoms with Crippen molar-refractivity contribution >= 4 is 40.0 Å². The van der Waals surface area contributed by atoms with Crippen LogP contribution in [0.15, 0.2) is 32.3 Å². The topological polar surface area (TPSA) is 90.7 Å². The average molecular weight is 251 g/mol. The molecule has 6 nitrogen and oxygen atoms in total. The molecule has 0 aliphatic heterocycles. The third-order valence-electron chi connectivity index (χ3n) is 1.95. The van der Waals surface area contributed by atoms with Gasteiger partial charge in [0.15, 0.2) is 15.4 Å². The lowest BCUT2D eigenvalue weighted by molar-refractivity contribution is 0.315. The summed E-state index contributed by atoms with van der Waals surface area (Å²) in [5.74, 6) is 0. The number of rotatable bonds is 2. The monoisotopic (exact) mass is 251 g/mol. The zero-order valence-corrected chi connectivity index (χ0v) is 9.46. The first-order valence-electron chi connectivity index (χ1n) is 4.30. The fraction of sp³-hybridized carbons (Fsp3) is 0. The summed E-state index contributed by atoms with van der Waals surface area (Å²) in [6, 6.07) is 3.64. The van der Waals surface area contributed by atoms with Crippen LogP contribution in [0.1, 0.15) is 0 Å². The van der Waals surface area contributed by atoms with E-state index in [1.54, 1.807) is 6.07 Å². The highest BCUT2D eigenvalue weighted by atomic mass is 32.2. The van der Waals surface area contributed by atoms with Crippen LogP contribution in [0, 0.1) is 0 Å². The Labute approximate surface area is 98.0 Å². The van der Waals surface area contributed by atoms with Gasteiger partial charge in [-0.3, -0.25) is 0 Å². The van der Waals surface area contributed by atoms with E-state index in [2.05, 4.69) is 24.3 Å². The lowest BCUT2D eigenvalue weighted by atomic mass is 10.3. The van der Waals surface area contributed by atoms with Crippen molar-refractivity contribution in [2.24, 2.45) is 0 Å². The third kappa shape index (κ3) is 1.51. The first-order chi connectivity index (χ1) is 7.84. The fourth-order valence-corrected chi connectivity index (χ4v) is 2.73. The molecule has 0 atom stereocenters. The molecule has 8 heteroatoms. The van der Waals surface area contributed by atoms with Gasteiger partial charge >= 0.3 is 0 Å². The van der Waals surface area contributed by atoms with E-state index in [0.717, 1.165) is 9.24 Å². The van der Waals surface area contributed by atoms with Crippen molar-refractivity contribution in [3.8, 4) is 0 Å². The van der Waals surface area contributed by atoms with Gasteiger partial charge in [0, 0.05) is 4.90 Å². The Morgan fingerprint density at radius 3 is 2.94 bits per heavy atom. The minimum Gasteiger partial charge on any atom is -0.397 e. The first-order valence-corrected chi connectivity index (χ1v) is 5.89. The van der Waals surface area contributed by atoms with Gasteiger partial charge in [-0.05, 0) is 34.0 Å². The Kier molecular flexibility index (Phi) is 2.22. The third-order valence-corrected chi connectivity index (χ3v) is 3.71. The molecule has 0 aliphatic rings. The van der Waals surface area contributed by atoms with Gasteiger partial charge in [-0.2, -0.15) is 4.37 Å². The molecule has 3 rings (SSSR count). The number of benzene rings is 1. The van der Waals surface area contributed by atoms with E-state index in [1.807, 2.05) is 6.07 Å². The van der Waals surface area contributed by atoms with E-state index in [0.29, 0.717) is 16.7 Å². The van der Waals surface area contributed by atoms with Crippen LogP contribution in [-0.4, -0.2) is 19.7 Å². The van der Waals surface area contributed by atoms with E-state index in [1.165, 1.54) is 29.6 Å². The number of nitrogens with two attached hydrogens (primary N) is 1. The van der Waals surface area contributed by atoms with Gasteiger partial charge in [0.25, 0.3) is 0 Å². The largest absolute Gasteiger partial charge is 0.397 e. The SMILES string of the molecule is Nc1ccc(Sc2ncns2)c2nonc12. The van der Waals surface area contributed by atoms with E-state index in [4.69, 9.17) is 5.73 Å². The molecule has 0 saturated heterocycles. The van der Waals surface area contributed by atoms with E-state index in [-0.39, 0.29) is 0 Å². The predicted molar refractivity (Wildman–Crippen MR) is 60.2 cm³/mol. The molecular formula is C8H5N5OS2. The van der Waals surface area contributed by atoms with Gasteiger partial charge < -0.3 is 5.73 Å². The highest BCUT2D eigenvalue weighted by Crippen LogP contribution is 2.34. The summed E-state index contributed by atoms with van der Waals surface area (Å²) in [5.41, 5.74) is 7.53. The molecule has 2 N–H and O–H groups in total. The molecule has 80 valence electrons. The predicted octanol–water partition coefficient (Wildman–Crippen LogP) is 1.81. The van der Waals surface area contributed by atoms with E-state index >= 15 is 0 Å². The van der Waals surface area contributed by atoms with Crippen LogP contribution in [0.4, 0.5) is 5.69 Å². The van der Waals surface area contributed by atoms with Crippen molar-refractivity contribution in [2.45, 2.75) is 9.24 Å². The van der Waals surface area contributed by atoms with Crippen molar-refractivity contribution in [3.05, 3.63) is 18.5 Å². The number of fused-ring (bicyclic) bond motifs is 1. The van der Waals surface area contributed by atoms with Gasteiger partial charge in [-0.15, -0.1) is 0 Å². The number of anilines is 1. The number of nitrogens with zero attached hydrogens (tertiary/aromatic N) is 4. The summed E-state index contributed by atoms with van der Waals surface area (Å²) >= 11 is 2.79. The summed E-state index contributed by atoms with van der Waals surface area (Å²) in [4.78, 5) is 4.99. The molecular weight excluding hydrogens is 246 g/mol. The van der Waals surface area contributed by atoms with Crippen molar-refractivity contribution in [1.29, 1.82) is 0 Å². The summed E-state index contributed by atoms with van der Waals surface area (Å²) in [7, 11) is 0. The molecule has 2 aromatic heterocycles. The molecule has 0 radical (unpaired) electrons. The van der Waals surface area contributed by atoms with Crippen molar-refractivity contribution < 1.29 is 4.63 Å². The minimum atomic E-state index is 0.554. The van der Waals surface area contributed by atoms with E-state index in [9.17, 15) is 0 Å². The maximum Gasteiger partial charge on any atom is 0.174 e. The highest BCUT2D eigenvalue weighted by Gasteiger charge is 2.12. The highest BCUT2D eigenvalue weighted by molar-refractivity contribution is 8.01. The maximum atomic E-state index is 5.75. The molecule has 0 aliphatic carbocycles. The van der Waals surface area contributed by atoms with Crippen LogP contribution in [-0.2, 0) is 0 Å². The van der Waals surface area contributed by atoms with Gasteiger partial charge in [0.2, 0.25) is 0 Å². The van der Waals surface area contributed by atoms with Crippen molar-refractivity contribution in [1.82, 2.24) is 19.7 Å². The normalized spacial score (nSPS) is 11.0. The molecule has 1 aromatic carbocycles. The molecule has 2 heterocycles. The van der Waals surface area contributed by atoms with Crippen molar-refractivity contribution in [2.75, 3.05) is 5.73 Å². The first kappa shape index (κ1) is 9.55. The van der Waals surface area contributed by atoms with E-state index < -0.39 is 0 Å². The fourth-order valence-electron chi connectivity index (χ4n) is 1.25. The second-order valence-corrected chi connectivity index (χ2v) is 4.99. The van der Waals surface area contributed by atoms with Gasteiger partial charge in [-0.25, -0.2) is 9.61 Å². The standard InChI is InChI=1S/C8H5N5OS2/c9-4-1-2-5(7-6(4)12-14-13-7)15-8-10-3-11-16-8/h1-3H,9H2. The van der Waals surface area contributed by atoms with Crippen LogP contribution in [0.2, 0.25) is 0 Å². The Morgan fingerprint density at radius 2 is 2.12 bits per heavy atom. The van der Waals surface area contributed by atoms with Crippen LogP contribution < -0.4 is 5.73 Å². The van der Waals surface area contributed by atoms with Crippen molar-refractivity contribution in [3.63, 3.8) is 0 Å². The minimum absolute atomic E-state index is 0.554. The zero-order valence-electron chi connectivity index (χ0n) is 7.82. The lowest BCUT2D eigenvalue weighted by Gasteiger charge is -1.98. The van der Waals surface area contributed by atoms with Crippen LogP contribution in [0.5, 0.6) is 0 Å². The molecule has 0 saturated carbocycles. The number of hydrogen-bond acceptors (Lipinski definition) is 8.